The summed E-state index contributed by atoms with van der Waals surface area (Å²) in [5.41, 5.74) is 3.21. The van der Waals surface area contributed by atoms with Crippen molar-refractivity contribution in [1.29, 1.82) is 0 Å². The largest absolute Gasteiger partial charge is 0.573 e. The van der Waals surface area contributed by atoms with E-state index < -0.39 is 6.36 Å². The van der Waals surface area contributed by atoms with Crippen LogP contribution in [-0.2, 0) is 0 Å². The van der Waals surface area contributed by atoms with Crippen LogP contribution < -0.4 is 4.74 Å². The molecule has 0 radical (unpaired) electrons. The summed E-state index contributed by atoms with van der Waals surface area (Å²) in [7, 11) is 0. The zero-order valence-corrected chi connectivity index (χ0v) is 23.8. The second-order valence-corrected chi connectivity index (χ2v) is 11.7. The summed E-state index contributed by atoms with van der Waals surface area (Å²) >= 11 is 0. The molecule has 1 aromatic heterocycles. The third kappa shape index (κ3) is 6.88. The zero-order valence-electron chi connectivity index (χ0n) is 23.8. The van der Waals surface area contributed by atoms with Gasteiger partial charge in [0, 0.05) is 42.0 Å². The van der Waals surface area contributed by atoms with Crippen molar-refractivity contribution < 1.29 is 27.1 Å². The minimum Gasteiger partial charge on any atom is -0.406 e. The Hall–Kier alpha value is -3.85. The molecule has 0 bridgehead atoms. The average molecular weight is 594 g/mol. The van der Waals surface area contributed by atoms with E-state index in [2.05, 4.69) is 38.9 Å². The van der Waals surface area contributed by atoms with Crippen LogP contribution in [0.2, 0.25) is 0 Å². The fourth-order valence-electron chi connectivity index (χ4n) is 6.89. The smallest absolute Gasteiger partial charge is 0.406 e. The van der Waals surface area contributed by atoms with E-state index in [1.54, 1.807) is 18.2 Å². The maximum absolute atomic E-state index is 13.7. The summed E-state index contributed by atoms with van der Waals surface area (Å²) in [6.07, 6.45) is 0.0491. The summed E-state index contributed by atoms with van der Waals surface area (Å²) in [5, 5.41) is 0.658. The molecule has 2 saturated heterocycles. The normalized spacial score (nSPS) is 19.2. The first-order valence-corrected chi connectivity index (χ1v) is 15.0. The number of alkyl halides is 3. The molecule has 2 atom stereocenters. The molecule has 3 heterocycles. The molecule has 43 heavy (non-hydrogen) atoms. The number of benzene rings is 3. The topological polar surface area (TPSA) is 48.6 Å². The van der Waals surface area contributed by atoms with E-state index in [0.29, 0.717) is 29.1 Å². The van der Waals surface area contributed by atoms with Crippen LogP contribution in [0.1, 0.15) is 59.6 Å². The number of aromatic nitrogens is 1. The van der Waals surface area contributed by atoms with Crippen molar-refractivity contribution in [3.63, 3.8) is 0 Å². The molecule has 0 aliphatic carbocycles. The third-order valence-electron chi connectivity index (χ3n) is 8.97. The van der Waals surface area contributed by atoms with E-state index in [9.17, 15) is 22.4 Å². The molecule has 4 aromatic rings. The summed E-state index contributed by atoms with van der Waals surface area (Å²) in [5.74, 6) is 0.00758. The molecule has 1 amide bonds. The van der Waals surface area contributed by atoms with E-state index in [4.69, 9.17) is 0 Å². The Kier molecular flexibility index (Phi) is 8.43. The Bertz CT molecular complexity index is 1530. The van der Waals surface area contributed by atoms with E-state index in [-0.39, 0.29) is 29.4 Å². The number of nitrogens with zero attached hydrogens (tertiary/aromatic N) is 2. The number of aromatic amines is 1. The van der Waals surface area contributed by atoms with Gasteiger partial charge in [-0.1, -0.05) is 42.5 Å². The lowest BCUT2D eigenvalue weighted by molar-refractivity contribution is -0.274. The Morgan fingerprint density at radius 2 is 1.63 bits per heavy atom. The minimum atomic E-state index is -4.77. The SMILES string of the molecule is O=C(c1cc2ccc(OC(F)(F)F)cc2[nH]1)N1CCC[C@H]1CCN1CCC(C(c2ccccc2)c2ccc(F)cc2)CC1. The standard InChI is InChI=1S/C34H35F4N3O2/c35-27-11-8-24(9-12-27)32(23-5-2-1-3-6-23)25-14-18-40(19-15-25)20-16-28-7-4-17-41(28)33(42)31-21-26-10-13-29(22-30(26)39-31)43-34(36,37)38/h1-3,5-6,8-13,21-22,25,28,32,39H,4,7,14-20H2/t28-,32?/m0/s1. The van der Waals surface area contributed by atoms with E-state index in [1.165, 1.54) is 23.8 Å². The third-order valence-corrected chi connectivity index (χ3v) is 8.97. The molecule has 2 fully saturated rings. The minimum absolute atomic E-state index is 0.122. The fraction of sp³-hybridized carbons (Fsp3) is 0.382. The van der Waals surface area contributed by atoms with Gasteiger partial charge in [-0.15, -0.1) is 13.2 Å². The Morgan fingerprint density at radius 3 is 2.35 bits per heavy atom. The first-order chi connectivity index (χ1) is 20.7. The van der Waals surface area contributed by atoms with Gasteiger partial charge in [-0.2, -0.15) is 0 Å². The predicted octanol–water partition coefficient (Wildman–Crippen LogP) is 7.74. The molecule has 3 aromatic carbocycles. The first-order valence-electron chi connectivity index (χ1n) is 15.0. The number of piperidine rings is 1. The van der Waals surface area contributed by atoms with Crippen molar-refractivity contribution in [2.75, 3.05) is 26.2 Å². The van der Waals surface area contributed by atoms with Crippen LogP contribution >= 0.6 is 0 Å². The number of likely N-dealkylation sites (tertiary alicyclic amines) is 2. The Labute approximate surface area is 248 Å². The number of hydrogen-bond acceptors (Lipinski definition) is 3. The fourth-order valence-corrected chi connectivity index (χ4v) is 6.89. The maximum Gasteiger partial charge on any atom is 0.573 e. The highest BCUT2D eigenvalue weighted by atomic mass is 19.4. The lowest BCUT2D eigenvalue weighted by Gasteiger charge is -2.37. The van der Waals surface area contributed by atoms with Crippen molar-refractivity contribution >= 4 is 16.8 Å². The Balaban J connectivity index is 1.06. The van der Waals surface area contributed by atoms with Gasteiger partial charge in [-0.05, 0) is 92.6 Å². The van der Waals surface area contributed by atoms with Crippen molar-refractivity contribution in [3.8, 4) is 5.75 Å². The molecule has 5 nitrogen and oxygen atoms in total. The highest BCUT2D eigenvalue weighted by Crippen LogP contribution is 2.38. The Morgan fingerprint density at radius 1 is 0.907 bits per heavy atom. The maximum atomic E-state index is 13.7. The quantitative estimate of drug-likeness (QED) is 0.213. The monoisotopic (exact) mass is 593 g/mol. The number of halogens is 4. The second kappa shape index (κ2) is 12.4. The van der Waals surface area contributed by atoms with Crippen molar-refractivity contribution in [2.24, 2.45) is 5.92 Å². The molecular formula is C34H35F4N3O2. The molecule has 6 rings (SSSR count). The number of ether oxygens (including phenoxy) is 1. The number of rotatable bonds is 8. The van der Waals surface area contributed by atoms with Crippen LogP contribution in [0.4, 0.5) is 17.6 Å². The van der Waals surface area contributed by atoms with Crippen LogP contribution in [0.25, 0.3) is 10.9 Å². The number of nitrogens with one attached hydrogen (secondary N) is 1. The first kappa shape index (κ1) is 29.2. The molecule has 2 aliphatic rings. The number of hydrogen-bond donors (Lipinski definition) is 1. The van der Waals surface area contributed by atoms with Gasteiger partial charge in [0.05, 0.1) is 0 Å². The van der Waals surface area contributed by atoms with Gasteiger partial charge in [0.1, 0.15) is 17.3 Å². The molecular weight excluding hydrogens is 558 g/mol. The molecule has 226 valence electrons. The van der Waals surface area contributed by atoms with Crippen molar-refractivity contribution in [1.82, 2.24) is 14.8 Å². The van der Waals surface area contributed by atoms with Gasteiger partial charge in [-0.3, -0.25) is 4.79 Å². The molecule has 0 spiro atoms. The van der Waals surface area contributed by atoms with E-state index in [0.717, 1.165) is 57.3 Å². The molecule has 1 unspecified atom stereocenters. The molecule has 9 heteroatoms. The number of carbonyl (C=O) groups excluding carboxylic acids is 1. The van der Waals surface area contributed by atoms with Gasteiger partial charge >= 0.3 is 6.36 Å². The summed E-state index contributed by atoms with van der Waals surface area (Å²) in [6, 6.07) is 23.2. The van der Waals surface area contributed by atoms with Crippen LogP contribution in [0.15, 0.2) is 78.9 Å². The average Bonchev–Trinajstić information content (AvgIpc) is 3.64. The summed E-state index contributed by atoms with van der Waals surface area (Å²) in [4.78, 5) is 20.8. The second-order valence-electron chi connectivity index (χ2n) is 11.7. The number of amides is 1. The predicted molar refractivity (Wildman–Crippen MR) is 158 cm³/mol. The number of H-pyrrole nitrogens is 1. The van der Waals surface area contributed by atoms with Crippen LogP contribution in [0, 0.1) is 11.7 Å². The van der Waals surface area contributed by atoms with E-state index >= 15 is 0 Å². The molecule has 1 N–H and O–H groups in total. The van der Waals surface area contributed by atoms with Gasteiger partial charge in [0.15, 0.2) is 0 Å². The number of fused-ring (bicyclic) bond motifs is 1. The van der Waals surface area contributed by atoms with E-state index in [1.807, 2.05) is 23.1 Å². The van der Waals surface area contributed by atoms with Gasteiger partial charge in [0.25, 0.3) is 5.91 Å². The molecule has 2 aliphatic heterocycles. The lowest BCUT2D eigenvalue weighted by atomic mass is 9.76. The van der Waals surface area contributed by atoms with Crippen molar-refractivity contribution in [2.45, 2.75) is 50.4 Å². The summed E-state index contributed by atoms with van der Waals surface area (Å²) < 4.78 is 55.6. The molecule has 0 saturated carbocycles. The van der Waals surface area contributed by atoms with Gasteiger partial charge < -0.3 is 19.5 Å². The van der Waals surface area contributed by atoms with Gasteiger partial charge in [-0.25, -0.2) is 4.39 Å². The highest BCUT2D eigenvalue weighted by Gasteiger charge is 2.33. The van der Waals surface area contributed by atoms with Crippen LogP contribution in [-0.4, -0.2) is 59.3 Å². The lowest BCUT2D eigenvalue weighted by Crippen LogP contribution is -2.41. The van der Waals surface area contributed by atoms with Crippen LogP contribution in [0.5, 0.6) is 5.75 Å². The van der Waals surface area contributed by atoms with Gasteiger partial charge in [0.2, 0.25) is 0 Å². The van der Waals surface area contributed by atoms with Crippen LogP contribution in [0.3, 0.4) is 0 Å². The zero-order chi connectivity index (χ0) is 30.0. The summed E-state index contributed by atoms with van der Waals surface area (Å²) in [6.45, 7) is 3.51. The highest BCUT2D eigenvalue weighted by molar-refractivity contribution is 5.98. The van der Waals surface area contributed by atoms with Crippen molar-refractivity contribution in [3.05, 3.63) is 102 Å². The number of carbonyl (C=O) groups is 1.